The highest BCUT2D eigenvalue weighted by atomic mass is 19.1. The molecule has 2 aromatic carbocycles. The molecule has 1 saturated heterocycles. The van der Waals surface area contributed by atoms with Gasteiger partial charge in [-0.2, -0.15) is 0 Å². The third-order valence-electron chi connectivity index (χ3n) is 5.79. The van der Waals surface area contributed by atoms with E-state index >= 15 is 0 Å². The normalized spacial score (nSPS) is 16.9. The van der Waals surface area contributed by atoms with Gasteiger partial charge < -0.3 is 5.11 Å². The molecule has 3 aromatic rings. The number of para-hydroxylation sites is 1. The number of rotatable bonds is 5. The molecular weight excluding hydrogens is 369 g/mol. The molecule has 6 heteroatoms. The summed E-state index contributed by atoms with van der Waals surface area (Å²) in [6, 6.07) is 14.0. The van der Waals surface area contributed by atoms with Crippen LogP contribution in [-0.4, -0.2) is 38.2 Å². The van der Waals surface area contributed by atoms with Crippen molar-refractivity contribution in [3.8, 4) is 0 Å². The zero-order valence-electron chi connectivity index (χ0n) is 16.6. The van der Waals surface area contributed by atoms with Crippen molar-refractivity contribution in [3.63, 3.8) is 0 Å². The highest BCUT2D eigenvalue weighted by molar-refractivity contribution is 5.77. The average molecular weight is 395 g/mol. The Morgan fingerprint density at radius 1 is 1.14 bits per heavy atom. The average Bonchev–Trinajstić information content (AvgIpc) is 2.72. The lowest BCUT2D eigenvalue weighted by molar-refractivity contribution is -0.0370. The van der Waals surface area contributed by atoms with Crippen LogP contribution in [0.3, 0.4) is 0 Å². The zero-order valence-corrected chi connectivity index (χ0v) is 16.6. The van der Waals surface area contributed by atoms with E-state index in [-0.39, 0.29) is 17.9 Å². The molecule has 152 valence electrons. The SMILES string of the molecule is CCc1nc2ccccc2c(=O)n1CC1(O)CCN(Cc2cccc(F)c2)CC1. The van der Waals surface area contributed by atoms with Crippen LogP contribution in [0.5, 0.6) is 0 Å². The molecule has 1 fully saturated rings. The first kappa shape index (κ1) is 19.7. The maximum Gasteiger partial charge on any atom is 0.261 e. The Bertz CT molecular complexity index is 1070. The first-order valence-electron chi connectivity index (χ1n) is 10.1. The largest absolute Gasteiger partial charge is 0.388 e. The van der Waals surface area contributed by atoms with E-state index in [1.165, 1.54) is 6.07 Å². The monoisotopic (exact) mass is 395 g/mol. The van der Waals surface area contributed by atoms with Crippen molar-refractivity contribution in [1.29, 1.82) is 0 Å². The summed E-state index contributed by atoms with van der Waals surface area (Å²) < 4.78 is 15.1. The van der Waals surface area contributed by atoms with Crippen molar-refractivity contribution in [3.05, 3.63) is 76.1 Å². The van der Waals surface area contributed by atoms with Gasteiger partial charge >= 0.3 is 0 Å². The number of piperidine rings is 1. The van der Waals surface area contributed by atoms with Crippen LogP contribution in [0.15, 0.2) is 53.3 Å². The molecule has 0 unspecified atom stereocenters. The van der Waals surface area contributed by atoms with E-state index in [1.54, 1.807) is 22.8 Å². The van der Waals surface area contributed by atoms with Gasteiger partial charge in [0.2, 0.25) is 0 Å². The molecule has 0 saturated carbocycles. The molecule has 0 spiro atoms. The molecule has 1 aromatic heterocycles. The fourth-order valence-electron chi connectivity index (χ4n) is 4.12. The summed E-state index contributed by atoms with van der Waals surface area (Å²) in [4.78, 5) is 19.9. The molecule has 0 amide bonds. The first-order valence-corrected chi connectivity index (χ1v) is 10.1. The minimum atomic E-state index is -0.948. The van der Waals surface area contributed by atoms with Gasteiger partial charge in [0.15, 0.2) is 0 Å². The number of aryl methyl sites for hydroxylation is 1. The summed E-state index contributed by atoms with van der Waals surface area (Å²) in [5.74, 6) is 0.468. The molecule has 0 bridgehead atoms. The summed E-state index contributed by atoms with van der Waals surface area (Å²) in [5.41, 5.74) is 0.584. The number of fused-ring (bicyclic) bond motifs is 1. The number of aliphatic hydroxyl groups is 1. The number of hydrogen-bond donors (Lipinski definition) is 1. The molecule has 5 nitrogen and oxygen atoms in total. The lowest BCUT2D eigenvalue weighted by Gasteiger charge is -2.38. The number of hydrogen-bond acceptors (Lipinski definition) is 4. The number of aromatic nitrogens is 2. The first-order chi connectivity index (χ1) is 14.0. The predicted molar refractivity (Wildman–Crippen MR) is 111 cm³/mol. The van der Waals surface area contributed by atoms with E-state index in [1.807, 2.05) is 31.2 Å². The van der Waals surface area contributed by atoms with Crippen molar-refractivity contribution >= 4 is 10.9 Å². The third kappa shape index (κ3) is 4.23. The second-order valence-corrected chi connectivity index (χ2v) is 7.92. The smallest absolute Gasteiger partial charge is 0.261 e. The Labute approximate surface area is 169 Å². The van der Waals surface area contributed by atoms with Crippen LogP contribution in [0.1, 0.15) is 31.2 Å². The molecule has 1 aliphatic rings. The standard InChI is InChI=1S/C23H26FN3O2/c1-2-21-25-20-9-4-3-8-19(20)22(28)27(21)16-23(29)10-12-26(13-11-23)15-17-6-5-7-18(24)14-17/h3-9,14,29H,2,10-13,15-16H2,1H3. The van der Waals surface area contributed by atoms with Gasteiger partial charge in [-0.3, -0.25) is 14.3 Å². The summed E-state index contributed by atoms with van der Waals surface area (Å²) in [5, 5.41) is 11.8. The molecule has 29 heavy (non-hydrogen) atoms. The summed E-state index contributed by atoms with van der Waals surface area (Å²) in [7, 11) is 0. The van der Waals surface area contributed by atoms with Crippen molar-refractivity contribution in [1.82, 2.24) is 14.5 Å². The van der Waals surface area contributed by atoms with Crippen LogP contribution < -0.4 is 5.56 Å². The molecular formula is C23H26FN3O2. The van der Waals surface area contributed by atoms with Gasteiger partial charge in [0.25, 0.3) is 5.56 Å². The van der Waals surface area contributed by atoms with Gasteiger partial charge in [-0.1, -0.05) is 31.2 Å². The quantitative estimate of drug-likeness (QED) is 0.721. The van der Waals surface area contributed by atoms with Crippen molar-refractivity contribution in [2.75, 3.05) is 13.1 Å². The second kappa shape index (κ2) is 8.05. The number of nitrogens with zero attached hydrogens (tertiary/aromatic N) is 3. The van der Waals surface area contributed by atoms with Gasteiger partial charge in [-0.15, -0.1) is 0 Å². The number of likely N-dealkylation sites (tertiary alicyclic amines) is 1. The van der Waals surface area contributed by atoms with E-state index in [0.29, 0.717) is 55.6 Å². The fourth-order valence-corrected chi connectivity index (χ4v) is 4.12. The van der Waals surface area contributed by atoms with E-state index in [0.717, 1.165) is 5.56 Å². The van der Waals surface area contributed by atoms with Crippen LogP contribution >= 0.6 is 0 Å². The lowest BCUT2D eigenvalue weighted by Crippen LogP contribution is -2.48. The van der Waals surface area contributed by atoms with Gasteiger partial charge in [0.05, 0.1) is 23.0 Å². The Morgan fingerprint density at radius 3 is 2.62 bits per heavy atom. The van der Waals surface area contributed by atoms with Crippen LogP contribution in [0.25, 0.3) is 10.9 Å². The molecule has 0 atom stereocenters. The topological polar surface area (TPSA) is 58.4 Å². The summed E-state index contributed by atoms with van der Waals surface area (Å²) >= 11 is 0. The van der Waals surface area contributed by atoms with Crippen molar-refractivity contribution in [2.45, 2.75) is 44.9 Å². The lowest BCUT2D eigenvalue weighted by atomic mass is 9.90. The summed E-state index contributed by atoms with van der Waals surface area (Å²) in [6.45, 7) is 4.28. The Hall–Kier alpha value is -2.57. The fraction of sp³-hybridized carbons (Fsp3) is 0.391. The third-order valence-corrected chi connectivity index (χ3v) is 5.79. The van der Waals surface area contributed by atoms with Gasteiger partial charge in [0.1, 0.15) is 11.6 Å². The van der Waals surface area contributed by atoms with Gasteiger partial charge in [-0.05, 0) is 42.7 Å². The molecule has 2 heterocycles. The highest BCUT2D eigenvalue weighted by Crippen LogP contribution is 2.26. The predicted octanol–water partition coefficient (Wildman–Crippen LogP) is 3.13. The van der Waals surface area contributed by atoms with Gasteiger partial charge in [-0.25, -0.2) is 9.37 Å². The maximum absolute atomic E-state index is 13.4. The van der Waals surface area contributed by atoms with E-state index in [2.05, 4.69) is 9.88 Å². The van der Waals surface area contributed by atoms with Crippen LogP contribution in [0.4, 0.5) is 4.39 Å². The zero-order chi connectivity index (χ0) is 20.4. The Kier molecular flexibility index (Phi) is 5.48. The van der Waals surface area contributed by atoms with Crippen LogP contribution in [0.2, 0.25) is 0 Å². The minimum Gasteiger partial charge on any atom is -0.388 e. The Morgan fingerprint density at radius 2 is 1.90 bits per heavy atom. The molecule has 0 radical (unpaired) electrons. The highest BCUT2D eigenvalue weighted by Gasteiger charge is 2.33. The van der Waals surface area contributed by atoms with Crippen molar-refractivity contribution in [2.24, 2.45) is 0 Å². The Balaban J connectivity index is 1.50. The number of benzene rings is 2. The van der Waals surface area contributed by atoms with E-state index < -0.39 is 5.60 Å². The van der Waals surface area contributed by atoms with E-state index in [4.69, 9.17) is 0 Å². The van der Waals surface area contributed by atoms with Crippen LogP contribution in [0, 0.1) is 5.82 Å². The summed E-state index contributed by atoms with van der Waals surface area (Å²) in [6.07, 6.45) is 1.75. The molecule has 4 rings (SSSR count). The minimum absolute atomic E-state index is 0.0944. The maximum atomic E-state index is 13.4. The number of halogens is 1. The molecule has 1 aliphatic heterocycles. The molecule has 0 aliphatic carbocycles. The van der Waals surface area contributed by atoms with Crippen molar-refractivity contribution < 1.29 is 9.50 Å². The van der Waals surface area contributed by atoms with Gasteiger partial charge in [0, 0.05) is 26.1 Å². The molecule has 1 N–H and O–H groups in total. The van der Waals surface area contributed by atoms with E-state index in [9.17, 15) is 14.3 Å². The second-order valence-electron chi connectivity index (χ2n) is 7.92. The van der Waals surface area contributed by atoms with Crippen LogP contribution in [-0.2, 0) is 19.5 Å².